The fourth-order valence-electron chi connectivity index (χ4n) is 4.10. The molecule has 5 rings (SSSR count). The molecule has 0 spiro atoms. The zero-order chi connectivity index (χ0) is 23.5. The number of benzene rings is 3. The van der Waals surface area contributed by atoms with Gasteiger partial charge in [0.25, 0.3) is 0 Å². The number of amides is 1. The molecule has 4 nitrogen and oxygen atoms in total. The van der Waals surface area contributed by atoms with Crippen LogP contribution in [0.25, 0.3) is 10.2 Å². The Hall–Kier alpha value is -3.83. The van der Waals surface area contributed by atoms with Crippen molar-refractivity contribution in [3.8, 4) is 0 Å². The lowest BCUT2D eigenvalue weighted by atomic mass is 9.90. The largest absolute Gasteiger partial charge is 0.281 e. The maximum atomic E-state index is 14.3. The molecule has 0 aliphatic rings. The van der Waals surface area contributed by atoms with Crippen LogP contribution >= 0.6 is 11.3 Å². The highest BCUT2D eigenvalue weighted by atomic mass is 32.1. The van der Waals surface area contributed by atoms with Gasteiger partial charge in [0.2, 0.25) is 5.91 Å². The fraction of sp³-hybridized carbons (Fsp3) is 0.138. The first kappa shape index (κ1) is 22.0. The van der Waals surface area contributed by atoms with Crippen molar-refractivity contribution in [1.29, 1.82) is 0 Å². The molecule has 0 saturated heterocycles. The Balaban J connectivity index is 1.63. The molecule has 0 saturated carbocycles. The van der Waals surface area contributed by atoms with Gasteiger partial charge in [-0.3, -0.25) is 14.7 Å². The lowest BCUT2D eigenvalue weighted by molar-refractivity contribution is -0.119. The smallest absolute Gasteiger partial charge is 0.241 e. The molecule has 2 aromatic heterocycles. The van der Waals surface area contributed by atoms with Crippen molar-refractivity contribution in [3.05, 3.63) is 125 Å². The van der Waals surface area contributed by atoms with Crippen molar-refractivity contribution in [2.24, 2.45) is 0 Å². The van der Waals surface area contributed by atoms with Crippen molar-refractivity contribution in [2.75, 3.05) is 4.90 Å². The number of aryl methyl sites for hydroxylation is 2. The fourth-order valence-corrected chi connectivity index (χ4v) is 5.15. The van der Waals surface area contributed by atoms with Gasteiger partial charge in [-0.2, -0.15) is 0 Å². The third kappa shape index (κ3) is 4.47. The van der Waals surface area contributed by atoms with Crippen LogP contribution in [0, 0.1) is 13.8 Å². The maximum absolute atomic E-state index is 14.3. The molecule has 34 heavy (non-hydrogen) atoms. The molecule has 3 aromatic carbocycles. The van der Waals surface area contributed by atoms with Crippen LogP contribution in [0.15, 0.2) is 97.2 Å². The Morgan fingerprint density at radius 1 is 0.853 bits per heavy atom. The third-order valence-electron chi connectivity index (χ3n) is 6.05. The zero-order valence-corrected chi connectivity index (χ0v) is 20.0. The Morgan fingerprint density at radius 3 is 2.09 bits per heavy atom. The number of aromatic nitrogens is 2. The number of hydrogen-bond donors (Lipinski definition) is 0. The second-order valence-electron chi connectivity index (χ2n) is 8.40. The summed E-state index contributed by atoms with van der Waals surface area (Å²) in [6.07, 6.45) is 1.76. The number of rotatable bonds is 6. The van der Waals surface area contributed by atoms with Crippen molar-refractivity contribution < 1.29 is 4.79 Å². The standard InChI is InChI=1S/C29H25N3OS/c1-20-17-25-26(18-21(20)2)34-29(31-25)32(19-24-15-9-10-16-30-24)28(33)27(22-11-5-3-6-12-22)23-13-7-4-8-14-23/h3-18,27H,19H2,1-2H3. The quantitative estimate of drug-likeness (QED) is 0.282. The summed E-state index contributed by atoms with van der Waals surface area (Å²) in [6.45, 7) is 4.55. The van der Waals surface area contributed by atoms with Crippen LogP contribution in [0.2, 0.25) is 0 Å². The molecule has 0 radical (unpaired) electrons. The summed E-state index contributed by atoms with van der Waals surface area (Å²) < 4.78 is 1.08. The van der Waals surface area contributed by atoms with Crippen LogP contribution in [0.3, 0.4) is 0 Å². The van der Waals surface area contributed by atoms with Gasteiger partial charge < -0.3 is 0 Å². The summed E-state index contributed by atoms with van der Waals surface area (Å²) in [5.41, 5.74) is 6.06. The van der Waals surface area contributed by atoms with E-state index in [9.17, 15) is 4.79 Å². The van der Waals surface area contributed by atoms with Gasteiger partial charge in [0, 0.05) is 6.20 Å². The number of thiazole rings is 1. The average molecular weight is 464 g/mol. The number of hydrogen-bond acceptors (Lipinski definition) is 4. The molecule has 5 heteroatoms. The number of anilines is 1. The molecule has 168 valence electrons. The summed E-state index contributed by atoms with van der Waals surface area (Å²) in [5, 5.41) is 0.688. The van der Waals surface area contributed by atoms with E-state index in [1.807, 2.05) is 78.9 Å². The molecule has 0 aliphatic heterocycles. The highest BCUT2D eigenvalue weighted by Crippen LogP contribution is 2.35. The number of pyridine rings is 1. The summed E-state index contributed by atoms with van der Waals surface area (Å²) in [6, 6.07) is 29.9. The minimum Gasteiger partial charge on any atom is -0.281 e. The molecule has 0 atom stereocenters. The van der Waals surface area contributed by atoms with Gasteiger partial charge in [-0.15, -0.1) is 0 Å². The van der Waals surface area contributed by atoms with E-state index in [4.69, 9.17) is 4.98 Å². The second kappa shape index (κ2) is 9.57. The van der Waals surface area contributed by atoms with Crippen molar-refractivity contribution in [3.63, 3.8) is 0 Å². The first-order valence-electron chi connectivity index (χ1n) is 11.3. The van der Waals surface area contributed by atoms with Gasteiger partial charge in [-0.25, -0.2) is 4.98 Å². The van der Waals surface area contributed by atoms with Crippen LogP contribution in [0.1, 0.15) is 33.9 Å². The first-order valence-corrected chi connectivity index (χ1v) is 12.1. The van der Waals surface area contributed by atoms with E-state index in [-0.39, 0.29) is 5.91 Å². The topological polar surface area (TPSA) is 46.1 Å². The monoisotopic (exact) mass is 463 g/mol. The minimum atomic E-state index is -0.443. The zero-order valence-electron chi connectivity index (χ0n) is 19.2. The summed E-state index contributed by atoms with van der Waals surface area (Å²) in [4.78, 5) is 25.5. The molecule has 0 fully saturated rings. The lowest BCUT2D eigenvalue weighted by Crippen LogP contribution is -2.35. The summed E-state index contributed by atoms with van der Waals surface area (Å²) >= 11 is 1.55. The number of fused-ring (bicyclic) bond motifs is 1. The lowest BCUT2D eigenvalue weighted by Gasteiger charge is -2.26. The van der Waals surface area contributed by atoms with Gasteiger partial charge in [-0.1, -0.05) is 78.1 Å². The molecule has 1 amide bonds. The Labute approximate surface area is 203 Å². The van der Waals surface area contributed by atoms with E-state index in [1.54, 1.807) is 22.4 Å². The van der Waals surface area contributed by atoms with E-state index >= 15 is 0 Å². The second-order valence-corrected chi connectivity index (χ2v) is 9.41. The maximum Gasteiger partial charge on any atom is 0.241 e. The highest BCUT2D eigenvalue weighted by Gasteiger charge is 2.30. The van der Waals surface area contributed by atoms with Crippen LogP contribution in [0.4, 0.5) is 5.13 Å². The Bertz CT molecular complexity index is 1340. The van der Waals surface area contributed by atoms with Gasteiger partial charge >= 0.3 is 0 Å². The van der Waals surface area contributed by atoms with E-state index in [0.29, 0.717) is 11.7 Å². The molecular formula is C29H25N3OS. The van der Waals surface area contributed by atoms with Crippen molar-refractivity contribution in [1.82, 2.24) is 9.97 Å². The van der Waals surface area contributed by atoms with Crippen LogP contribution in [0.5, 0.6) is 0 Å². The van der Waals surface area contributed by atoms with E-state index < -0.39 is 5.92 Å². The summed E-state index contributed by atoms with van der Waals surface area (Å²) in [7, 11) is 0. The highest BCUT2D eigenvalue weighted by molar-refractivity contribution is 7.22. The molecular weight excluding hydrogens is 438 g/mol. The van der Waals surface area contributed by atoms with Crippen molar-refractivity contribution in [2.45, 2.75) is 26.3 Å². The van der Waals surface area contributed by atoms with Crippen LogP contribution in [-0.4, -0.2) is 15.9 Å². The Morgan fingerprint density at radius 2 is 1.47 bits per heavy atom. The predicted molar refractivity (Wildman–Crippen MR) is 139 cm³/mol. The third-order valence-corrected chi connectivity index (χ3v) is 7.09. The average Bonchev–Trinajstić information content (AvgIpc) is 3.27. The molecule has 0 bridgehead atoms. The first-order chi connectivity index (χ1) is 16.6. The molecule has 5 aromatic rings. The van der Waals surface area contributed by atoms with E-state index in [2.05, 4.69) is 31.0 Å². The van der Waals surface area contributed by atoms with E-state index in [1.165, 1.54) is 11.1 Å². The molecule has 2 heterocycles. The normalized spacial score (nSPS) is 11.1. The molecule has 0 aliphatic carbocycles. The van der Waals surface area contributed by atoms with Gasteiger partial charge in [-0.05, 0) is 60.4 Å². The van der Waals surface area contributed by atoms with Crippen molar-refractivity contribution >= 4 is 32.6 Å². The van der Waals surface area contributed by atoms with Gasteiger partial charge in [0.05, 0.1) is 28.4 Å². The van der Waals surface area contributed by atoms with Gasteiger partial charge in [0.15, 0.2) is 5.13 Å². The minimum absolute atomic E-state index is 0.0180. The van der Waals surface area contributed by atoms with Crippen LogP contribution < -0.4 is 4.90 Å². The van der Waals surface area contributed by atoms with Gasteiger partial charge in [0.1, 0.15) is 0 Å². The number of nitrogens with zero attached hydrogens (tertiary/aromatic N) is 3. The predicted octanol–water partition coefficient (Wildman–Crippen LogP) is 6.67. The number of carbonyl (C=O) groups excluding carboxylic acids is 1. The molecule has 0 unspecified atom stereocenters. The summed E-state index contributed by atoms with van der Waals surface area (Å²) in [5.74, 6) is -0.461. The Kier molecular flexibility index (Phi) is 6.19. The van der Waals surface area contributed by atoms with Crippen LogP contribution in [-0.2, 0) is 11.3 Å². The van der Waals surface area contributed by atoms with E-state index in [0.717, 1.165) is 27.0 Å². The molecule has 0 N–H and O–H groups in total. The number of carbonyl (C=O) groups is 1. The SMILES string of the molecule is Cc1cc2nc(N(Cc3ccccn3)C(=O)C(c3ccccc3)c3ccccc3)sc2cc1C.